The predicted octanol–water partition coefficient (Wildman–Crippen LogP) is 4.94. The smallest absolute Gasteiger partial charge is 0.246 e. The number of hydrogen-bond acceptors (Lipinski definition) is 8. The Kier molecular flexibility index (Phi) is 5.46. The van der Waals surface area contributed by atoms with Gasteiger partial charge in [-0.2, -0.15) is 5.10 Å². The van der Waals surface area contributed by atoms with Crippen LogP contribution in [0.15, 0.2) is 74.0 Å². The Morgan fingerprint density at radius 2 is 2.03 bits per heavy atom. The molecule has 10 nitrogen and oxygen atoms in total. The van der Waals surface area contributed by atoms with Crippen LogP contribution in [0.4, 0.5) is 11.5 Å². The van der Waals surface area contributed by atoms with Gasteiger partial charge < -0.3 is 15.0 Å². The molecule has 0 radical (unpaired) electrons. The summed E-state index contributed by atoms with van der Waals surface area (Å²) in [6, 6.07) is 14.0. The molecule has 2 bridgehead atoms. The third kappa shape index (κ3) is 4.04. The fourth-order valence-electron chi connectivity index (χ4n) is 5.97. The Bertz CT molecular complexity index is 1750. The van der Waals surface area contributed by atoms with Crippen molar-refractivity contribution in [3.05, 3.63) is 85.2 Å². The van der Waals surface area contributed by atoms with Crippen molar-refractivity contribution in [2.45, 2.75) is 44.2 Å². The Balaban J connectivity index is 1.14. The highest BCUT2D eigenvalue weighted by Gasteiger charge is 2.48. The van der Waals surface area contributed by atoms with E-state index < -0.39 is 0 Å². The van der Waals surface area contributed by atoms with E-state index in [0.29, 0.717) is 17.1 Å². The summed E-state index contributed by atoms with van der Waals surface area (Å²) in [7, 11) is 0. The largest absolute Gasteiger partial charge is 0.457 e. The molecule has 39 heavy (non-hydrogen) atoms. The molecule has 0 saturated carbocycles. The minimum Gasteiger partial charge on any atom is -0.457 e. The second kappa shape index (κ2) is 9.16. The molecule has 10 heteroatoms. The monoisotopic (exact) mass is 518 g/mol. The van der Waals surface area contributed by atoms with Crippen molar-refractivity contribution in [1.29, 1.82) is 0 Å². The van der Waals surface area contributed by atoms with Crippen LogP contribution >= 0.6 is 0 Å². The normalized spacial score (nSPS) is 20.0. The third-order valence-electron chi connectivity index (χ3n) is 7.77. The average molecular weight is 519 g/mol. The van der Waals surface area contributed by atoms with E-state index in [-0.39, 0.29) is 23.9 Å². The number of aryl methyl sites for hydroxylation is 1. The summed E-state index contributed by atoms with van der Waals surface area (Å²) in [5.74, 6) is 2.27. The molecular formula is C29H26N8O2. The number of fused-ring (bicyclic) bond motifs is 4. The highest BCUT2D eigenvalue weighted by Crippen LogP contribution is 2.46. The highest BCUT2D eigenvalue weighted by atomic mass is 16.5. The first-order valence-electron chi connectivity index (χ1n) is 13.0. The van der Waals surface area contributed by atoms with Crippen LogP contribution in [0, 0.1) is 6.92 Å². The van der Waals surface area contributed by atoms with Gasteiger partial charge in [-0.1, -0.05) is 6.58 Å². The first kappa shape index (κ1) is 23.3. The van der Waals surface area contributed by atoms with Gasteiger partial charge in [0.25, 0.3) is 0 Å². The van der Waals surface area contributed by atoms with Crippen LogP contribution in [0.2, 0.25) is 0 Å². The van der Waals surface area contributed by atoms with Gasteiger partial charge in [0.05, 0.1) is 5.52 Å². The van der Waals surface area contributed by atoms with E-state index in [9.17, 15) is 4.79 Å². The number of anilines is 2. The minimum atomic E-state index is 0.0124. The Morgan fingerprint density at radius 3 is 2.90 bits per heavy atom. The first-order chi connectivity index (χ1) is 19.1. The molecule has 6 heterocycles. The van der Waals surface area contributed by atoms with Crippen LogP contribution in [-0.2, 0) is 4.79 Å². The van der Waals surface area contributed by atoms with Crippen LogP contribution in [0.1, 0.15) is 36.4 Å². The lowest BCUT2D eigenvalue weighted by Gasteiger charge is -2.23. The maximum absolute atomic E-state index is 12.5. The molecule has 5 aromatic rings. The zero-order valence-corrected chi connectivity index (χ0v) is 21.4. The van der Waals surface area contributed by atoms with Crippen LogP contribution in [0.25, 0.3) is 16.7 Å². The van der Waals surface area contributed by atoms with Gasteiger partial charge >= 0.3 is 0 Å². The predicted molar refractivity (Wildman–Crippen MR) is 146 cm³/mol. The number of amides is 1. The Labute approximate surface area is 224 Å². The zero-order valence-electron chi connectivity index (χ0n) is 21.4. The maximum atomic E-state index is 12.5. The molecule has 2 aliphatic rings. The van der Waals surface area contributed by atoms with Gasteiger partial charge in [0.2, 0.25) is 5.91 Å². The van der Waals surface area contributed by atoms with Gasteiger partial charge in [0, 0.05) is 41.6 Å². The number of hydrogen-bond donors (Lipinski definition) is 1. The van der Waals surface area contributed by atoms with Crippen molar-refractivity contribution < 1.29 is 9.53 Å². The van der Waals surface area contributed by atoms with Gasteiger partial charge in [-0.15, -0.1) is 0 Å². The van der Waals surface area contributed by atoms with Gasteiger partial charge in [0.15, 0.2) is 11.5 Å². The lowest BCUT2D eigenvalue weighted by atomic mass is 9.86. The first-order valence-corrected chi connectivity index (χ1v) is 13.0. The van der Waals surface area contributed by atoms with Gasteiger partial charge in [-0.3, -0.25) is 4.79 Å². The fourth-order valence-corrected chi connectivity index (χ4v) is 5.97. The summed E-state index contributed by atoms with van der Waals surface area (Å²) in [5, 5.41) is 7.53. The van der Waals surface area contributed by atoms with E-state index >= 15 is 0 Å². The molecule has 1 amide bonds. The van der Waals surface area contributed by atoms with E-state index in [2.05, 4.69) is 31.9 Å². The van der Waals surface area contributed by atoms with Crippen LogP contribution in [-0.4, -0.2) is 52.4 Å². The second-order valence-electron chi connectivity index (χ2n) is 10.0. The molecule has 0 aliphatic carbocycles. The molecule has 1 N–H and O–H groups in total. The maximum Gasteiger partial charge on any atom is 0.246 e. The second-order valence-corrected chi connectivity index (χ2v) is 10.0. The number of nitrogens with zero attached hydrogens (tertiary/aromatic N) is 7. The number of pyridine rings is 2. The molecule has 0 spiro atoms. The van der Waals surface area contributed by atoms with Crippen molar-refractivity contribution in [3.8, 4) is 11.5 Å². The van der Waals surface area contributed by atoms with E-state index in [0.717, 1.165) is 53.1 Å². The summed E-state index contributed by atoms with van der Waals surface area (Å²) in [4.78, 5) is 32.6. The van der Waals surface area contributed by atoms with Crippen molar-refractivity contribution in [2.75, 3.05) is 5.32 Å². The molecule has 1 unspecified atom stereocenters. The standard InChI is InChI=1S/C29H26N8O2/c1-3-27(38)37-19-5-8-24(37)21(13-19)22-6-7-23-28(35-22)29(32-15-30-23)34-18-4-9-25(17(2)12-18)39-20-10-11-36-26(14-20)31-16-33-36/h3-4,6-7,9-12,14-16,19,21,24H,1,5,8,13H2,2H3,(H,30,32,34)/t19-,21?,24+/m1/s1. The van der Waals surface area contributed by atoms with E-state index in [1.165, 1.54) is 12.4 Å². The number of carbonyl (C=O) groups excluding carboxylic acids is 1. The number of rotatable bonds is 6. The van der Waals surface area contributed by atoms with Gasteiger partial charge in [-0.05, 0) is 74.2 Å². The number of ether oxygens (including phenoxy) is 1. The van der Waals surface area contributed by atoms with Crippen molar-refractivity contribution in [2.24, 2.45) is 0 Å². The lowest BCUT2D eigenvalue weighted by molar-refractivity contribution is -0.127. The van der Waals surface area contributed by atoms with Gasteiger partial charge in [0.1, 0.15) is 29.7 Å². The quantitative estimate of drug-likeness (QED) is 0.315. The van der Waals surface area contributed by atoms with Gasteiger partial charge in [-0.25, -0.2) is 24.5 Å². The molecule has 2 aliphatic heterocycles. The number of benzene rings is 1. The van der Waals surface area contributed by atoms with Crippen molar-refractivity contribution >= 4 is 34.1 Å². The highest BCUT2D eigenvalue weighted by molar-refractivity contribution is 5.89. The molecule has 7 rings (SSSR count). The molecule has 3 atom stereocenters. The van der Waals surface area contributed by atoms with E-state index in [1.807, 2.05) is 60.5 Å². The number of nitrogens with one attached hydrogen (secondary N) is 1. The van der Waals surface area contributed by atoms with Crippen LogP contribution in [0.3, 0.4) is 0 Å². The third-order valence-corrected chi connectivity index (χ3v) is 7.77. The minimum absolute atomic E-state index is 0.0124. The van der Waals surface area contributed by atoms with Crippen LogP contribution in [0.5, 0.6) is 11.5 Å². The molecule has 194 valence electrons. The summed E-state index contributed by atoms with van der Waals surface area (Å²) < 4.78 is 7.80. The average Bonchev–Trinajstić information content (AvgIpc) is 3.69. The summed E-state index contributed by atoms with van der Waals surface area (Å²) >= 11 is 0. The molecule has 1 aromatic carbocycles. The van der Waals surface area contributed by atoms with E-state index in [1.54, 1.807) is 10.8 Å². The SMILES string of the molecule is C=CC(=O)N1[C@@H]2CC[C@H]1C(c1ccc3ncnc(Nc4ccc(Oc5ccn6ncnc6c5)c(C)c4)c3n1)C2. The molecule has 2 fully saturated rings. The Morgan fingerprint density at radius 1 is 1.10 bits per heavy atom. The molecule has 4 aromatic heterocycles. The Hall–Kier alpha value is -4.86. The topological polar surface area (TPSA) is 110 Å². The molecule has 2 saturated heterocycles. The van der Waals surface area contributed by atoms with E-state index in [4.69, 9.17) is 9.72 Å². The number of carbonyl (C=O) groups is 1. The zero-order chi connectivity index (χ0) is 26.5. The number of aromatic nitrogens is 6. The fraction of sp³-hybridized carbons (Fsp3) is 0.241. The summed E-state index contributed by atoms with van der Waals surface area (Å²) in [5.41, 5.74) is 4.98. The summed E-state index contributed by atoms with van der Waals surface area (Å²) in [6.07, 6.45) is 9.24. The molecular weight excluding hydrogens is 492 g/mol. The van der Waals surface area contributed by atoms with Crippen LogP contribution < -0.4 is 10.1 Å². The van der Waals surface area contributed by atoms with Crippen molar-refractivity contribution in [1.82, 2.24) is 34.4 Å². The lowest BCUT2D eigenvalue weighted by Crippen LogP contribution is -2.34. The summed E-state index contributed by atoms with van der Waals surface area (Å²) in [6.45, 7) is 5.68. The van der Waals surface area contributed by atoms with Crippen molar-refractivity contribution in [3.63, 3.8) is 0 Å².